The van der Waals surface area contributed by atoms with Gasteiger partial charge in [0.2, 0.25) is 5.91 Å². The van der Waals surface area contributed by atoms with Gasteiger partial charge in [-0.3, -0.25) is 9.69 Å². The predicted molar refractivity (Wildman–Crippen MR) is 154 cm³/mol. The average Bonchev–Trinajstić information content (AvgIpc) is 3.45. The number of benzene rings is 3. The summed E-state index contributed by atoms with van der Waals surface area (Å²) in [5.41, 5.74) is 3.38. The van der Waals surface area contributed by atoms with Crippen molar-refractivity contribution in [3.8, 4) is 5.75 Å². The highest BCUT2D eigenvalue weighted by atomic mass is 35.5. The van der Waals surface area contributed by atoms with Gasteiger partial charge in [-0.15, -0.1) is 12.4 Å². The molecule has 38 heavy (non-hydrogen) atoms. The molecule has 200 valence electrons. The number of ether oxygens (including phenoxy) is 1. The van der Waals surface area contributed by atoms with Gasteiger partial charge in [0.25, 0.3) is 0 Å². The minimum Gasteiger partial charge on any atom is -0.423 e. The Kier molecular flexibility index (Phi) is 9.37. The topological polar surface area (TPSA) is 49.9 Å². The van der Waals surface area contributed by atoms with Crippen LogP contribution in [0.3, 0.4) is 0 Å². The number of rotatable bonds is 6. The lowest BCUT2D eigenvalue weighted by atomic mass is 9.81. The third kappa shape index (κ3) is 6.02. The van der Waals surface area contributed by atoms with Gasteiger partial charge < -0.3 is 9.64 Å². The van der Waals surface area contributed by atoms with Crippen LogP contribution in [0.25, 0.3) is 0 Å². The highest BCUT2D eigenvalue weighted by molar-refractivity contribution is 6.42. The molecule has 8 heteroatoms. The average molecular weight is 574 g/mol. The summed E-state index contributed by atoms with van der Waals surface area (Å²) in [5.74, 6) is 0.199. The molecule has 3 aromatic carbocycles. The van der Waals surface area contributed by atoms with Crippen LogP contribution in [0.15, 0.2) is 66.7 Å². The molecular weight excluding hydrogens is 543 g/mol. The molecule has 3 aromatic rings. The van der Waals surface area contributed by atoms with E-state index in [1.807, 2.05) is 48.3 Å². The SMILES string of the molecule is CN(C(=O)Cc1ccc(Cl)c(Cl)c1)C1c2cccc(OC(=O)c3ccccc3)c2CCC1N1CCCC1.Cl. The van der Waals surface area contributed by atoms with Crippen molar-refractivity contribution in [1.29, 1.82) is 0 Å². The molecule has 5 nitrogen and oxygen atoms in total. The maximum atomic E-state index is 13.6. The van der Waals surface area contributed by atoms with Gasteiger partial charge in [-0.2, -0.15) is 0 Å². The van der Waals surface area contributed by atoms with Crippen molar-refractivity contribution in [3.05, 3.63) is 99.0 Å². The molecule has 1 saturated heterocycles. The second-order valence-electron chi connectivity index (χ2n) is 9.80. The van der Waals surface area contributed by atoms with Gasteiger partial charge in [0.05, 0.1) is 28.1 Å². The Balaban J connectivity index is 0.00000336. The summed E-state index contributed by atoms with van der Waals surface area (Å²) < 4.78 is 5.89. The molecule has 1 amide bonds. The molecule has 0 radical (unpaired) electrons. The van der Waals surface area contributed by atoms with Crippen molar-refractivity contribution >= 4 is 47.5 Å². The van der Waals surface area contributed by atoms with Gasteiger partial charge in [0, 0.05) is 18.7 Å². The minimum atomic E-state index is -0.378. The van der Waals surface area contributed by atoms with Crippen molar-refractivity contribution in [3.63, 3.8) is 0 Å². The Morgan fingerprint density at radius 2 is 1.71 bits per heavy atom. The third-order valence-corrected chi connectivity index (χ3v) is 8.25. The van der Waals surface area contributed by atoms with Crippen LogP contribution in [0.5, 0.6) is 5.75 Å². The molecule has 0 N–H and O–H groups in total. The molecular formula is C30H31Cl3N2O3. The number of nitrogens with zero attached hydrogens (tertiary/aromatic N) is 2. The molecule has 0 bridgehead atoms. The summed E-state index contributed by atoms with van der Waals surface area (Å²) in [4.78, 5) is 30.8. The molecule has 0 saturated carbocycles. The van der Waals surface area contributed by atoms with E-state index < -0.39 is 0 Å². The smallest absolute Gasteiger partial charge is 0.343 e. The van der Waals surface area contributed by atoms with Gasteiger partial charge in [-0.1, -0.05) is 59.6 Å². The van der Waals surface area contributed by atoms with E-state index in [1.54, 1.807) is 24.3 Å². The summed E-state index contributed by atoms with van der Waals surface area (Å²) >= 11 is 12.3. The Bertz CT molecular complexity index is 1300. The van der Waals surface area contributed by atoms with Crippen LogP contribution >= 0.6 is 35.6 Å². The largest absolute Gasteiger partial charge is 0.423 e. The molecule has 1 heterocycles. The van der Waals surface area contributed by atoms with Gasteiger partial charge in [0.1, 0.15) is 5.75 Å². The third-order valence-electron chi connectivity index (χ3n) is 7.51. The summed E-state index contributed by atoms with van der Waals surface area (Å²) in [6.07, 6.45) is 4.26. The van der Waals surface area contributed by atoms with Crippen LogP contribution in [0.4, 0.5) is 0 Å². The van der Waals surface area contributed by atoms with E-state index in [0.717, 1.165) is 42.6 Å². The summed E-state index contributed by atoms with van der Waals surface area (Å²) in [6.45, 7) is 2.07. The molecule has 0 spiro atoms. The van der Waals surface area contributed by atoms with Crippen LogP contribution < -0.4 is 4.74 Å². The first-order chi connectivity index (χ1) is 17.9. The monoisotopic (exact) mass is 572 g/mol. The van der Waals surface area contributed by atoms with Crippen LogP contribution in [-0.4, -0.2) is 47.9 Å². The number of hydrogen-bond donors (Lipinski definition) is 0. The zero-order valence-corrected chi connectivity index (χ0v) is 23.6. The van der Waals surface area contributed by atoms with Crippen LogP contribution in [0, 0.1) is 0 Å². The van der Waals surface area contributed by atoms with Crippen LogP contribution in [0.2, 0.25) is 10.0 Å². The maximum Gasteiger partial charge on any atom is 0.343 e. The van der Waals surface area contributed by atoms with Crippen molar-refractivity contribution in [1.82, 2.24) is 9.80 Å². The van der Waals surface area contributed by atoms with E-state index in [0.29, 0.717) is 21.4 Å². The van der Waals surface area contributed by atoms with Crippen LogP contribution in [0.1, 0.15) is 52.4 Å². The number of esters is 1. The zero-order valence-electron chi connectivity index (χ0n) is 21.2. The summed E-state index contributed by atoms with van der Waals surface area (Å²) in [7, 11) is 1.88. The highest BCUT2D eigenvalue weighted by Crippen LogP contribution is 2.41. The molecule has 1 aliphatic carbocycles. The summed E-state index contributed by atoms with van der Waals surface area (Å²) in [5, 5.41) is 0.913. The number of hydrogen-bond acceptors (Lipinski definition) is 4. The van der Waals surface area contributed by atoms with Gasteiger partial charge in [-0.25, -0.2) is 4.79 Å². The van der Waals surface area contributed by atoms with E-state index in [2.05, 4.69) is 11.0 Å². The molecule has 1 fully saturated rings. The normalized spacial score (nSPS) is 18.8. The molecule has 0 aromatic heterocycles. The number of likely N-dealkylation sites (N-methyl/N-ethyl adjacent to an activating group) is 1. The number of carbonyl (C=O) groups excluding carboxylic acids is 2. The molecule has 2 atom stereocenters. The fourth-order valence-electron chi connectivity index (χ4n) is 5.64. The molecule has 1 aliphatic heterocycles. The number of halogens is 3. The van der Waals surface area contributed by atoms with Crippen molar-refractivity contribution in [2.24, 2.45) is 0 Å². The number of amides is 1. The highest BCUT2D eigenvalue weighted by Gasteiger charge is 2.39. The predicted octanol–water partition coefficient (Wildman–Crippen LogP) is 6.79. The van der Waals surface area contributed by atoms with Crippen molar-refractivity contribution in [2.75, 3.05) is 20.1 Å². The lowest BCUT2D eigenvalue weighted by Crippen LogP contribution is -2.48. The Morgan fingerprint density at radius 3 is 2.42 bits per heavy atom. The second-order valence-corrected chi connectivity index (χ2v) is 10.6. The fourth-order valence-corrected chi connectivity index (χ4v) is 5.96. The van der Waals surface area contributed by atoms with Crippen molar-refractivity contribution in [2.45, 2.75) is 44.2 Å². The Morgan fingerprint density at radius 1 is 0.974 bits per heavy atom. The first-order valence-corrected chi connectivity index (χ1v) is 13.5. The Labute approximate surface area is 240 Å². The number of likely N-dealkylation sites (tertiary alicyclic amines) is 1. The van der Waals surface area contributed by atoms with E-state index >= 15 is 0 Å². The fraction of sp³-hybridized carbons (Fsp3) is 0.333. The maximum absolute atomic E-state index is 13.6. The first kappa shape index (κ1) is 28.4. The number of fused-ring (bicyclic) bond motifs is 1. The van der Waals surface area contributed by atoms with E-state index in [4.69, 9.17) is 27.9 Å². The standard InChI is InChI=1S/C30H30Cl2N2O3.ClH/c1-33(28(35)19-20-12-14-24(31)25(32)18-20)29-23-10-7-11-27(37-30(36)21-8-3-2-4-9-21)22(23)13-15-26(29)34-16-5-6-17-34;/h2-4,7-12,14,18,26,29H,5-6,13,15-17,19H2,1H3;1H. The quantitative estimate of drug-likeness (QED) is 0.241. The van der Waals surface area contributed by atoms with Gasteiger partial charge in [0.15, 0.2) is 0 Å². The van der Waals surface area contributed by atoms with Gasteiger partial charge in [-0.05, 0) is 80.2 Å². The summed E-state index contributed by atoms with van der Waals surface area (Å²) in [6, 6.07) is 20.2. The molecule has 2 aliphatic rings. The second kappa shape index (κ2) is 12.5. The first-order valence-electron chi connectivity index (χ1n) is 12.7. The lowest BCUT2D eigenvalue weighted by molar-refractivity contribution is -0.133. The zero-order chi connectivity index (χ0) is 25.9. The van der Waals surface area contributed by atoms with E-state index in [9.17, 15) is 9.59 Å². The van der Waals surface area contributed by atoms with Crippen molar-refractivity contribution < 1.29 is 14.3 Å². The lowest BCUT2D eigenvalue weighted by Gasteiger charge is -2.44. The number of carbonyl (C=O) groups is 2. The van der Waals surface area contributed by atoms with Gasteiger partial charge >= 0.3 is 5.97 Å². The van der Waals surface area contributed by atoms with E-state index in [-0.39, 0.29) is 42.8 Å². The van der Waals surface area contributed by atoms with Crippen LogP contribution in [-0.2, 0) is 17.6 Å². The van der Waals surface area contributed by atoms with E-state index in [1.165, 1.54) is 12.8 Å². The Hall–Kier alpha value is -2.57. The minimum absolute atomic E-state index is 0. The molecule has 2 unspecified atom stereocenters. The molecule has 5 rings (SSSR count).